The highest BCUT2D eigenvalue weighted by molar-refractivity contribution is 7.99. The van der Waals surface area contributed by atoms with Crippen LogP contribution in [0.5, 0.6) is 0 Å². The molecule has 1 aliphatic rings. The lowest BCUT2D eigenvalue weighted by Crippen LogP contribution is -2.19. The molecule has 0 amide bonds. The summed E-state index contributed by atoms with van der Waals surface area (Å²) < 4.78 is 0. The Balaban J connectivity index is 1.87. The zero-order valence-electron chi connectivity index (χ0n) is 8.32. The lowest BCUT2D eigenvalue weighted by Gasteiger charge is -2.12. The van der Waals surface area contributed by atoms with Crippen LogP contribution < -0.4 is 5.32 Å². The van der Waals surface area contributed by atoms with Crippen LogP contribution in [0.4, 0.5) is 0 Å². The summed E-state index contributed by atoms with van der Waals surface area (Å²) in [6.07, 6.45) is -0.198. The first-order valence-electron chi connectivity index (χ1n) is 5.03. The SMILES string of the molecule is O[C@H]1CNC[C@@H]1CSc1cccc(Cl)c1. The maximum absolute atomic E-state index is 9.62. The number of benzene rings is 1. The minimum Gasteiger partial charge on any atom is -0.391 e. The quantitative estimate of drug-likeness (QED) is 0.797. The maximum Gasteiger partial charge on any atom is 0.0712 e. The lowest BCUT2D eigenvalue weighted by molar-refractivity contribution is 0.158. The van der Waals surface area contributed by atoms with Gasteiger partial charge in [0, 0.05) is 34.7 Å². The van der Waals surface area contributed by atoms with Crippen molar-refractivity contribution in [3.8, 4) is 0 Å². The van der Waals surface area contributed by atoms with Crippen molar-refractivity contribution in [1.82, 2.24) is 5.32 Å². The second-order valence-corrected chi connectivity index (χ2v) is 5.28. The molecule has 0 aromatic heterocycles. The molecule has 0 saturated carbocycles. The van der Waals surface area contributed by atoms with E-state index in [1.54, 1.807) is 11.8 Å². The first kappa shape index (κ1) is 11.3. The fourth-order valence-electron chi connectivity index (χ4n) is 1.65. The standard InChI is InChI=1S/C11H14ClNOS/c12-9-2-1-3-10(4-9)15-7-8-5-13-6-11(8)14/h1-4,8,11,13-14H,5-7H2/t8-,11+/m1/s1. The number of aliphatic hydroxyl groups is 1. The summed E-state index contributed by atoms with van der Waals surface area (Å²) in [6.45, 7) is 1.63. The fourth-order valence-corrected chi connectivity index (χ4v) is 3.04. The van der Waals surface area contributed by atoms with Gasteiger partial charge in [-0.2, -0.15) is 0 Å². The molecular formula is C11H14ClNOS. The van der Waals surface area contributed by atoms with E-state index in [1.807, 2.05) is 24.3 Å². The van der Waals surface area contributed by atoms with Crippen molar-refractivity contribution in [2.24, 2.45) is 5.92 Å². The monoisotopic (exact) mass is 243 g/mol. The van der Waals surface area contributed by atoms with Gasteiger partial charge in [0.25, 0.3) is 0 Å². The molecule has 2 N–H and O–H groups in total. The van der Waals surface area contributed by atoms with Gasteiger partial charge >= 0.3 is 0 Å². The number of rotatable bonds is 3. The van der Waals surface area contributed by atoms with Crippen molar-refractivity contribution in [3.63, 3.8) is 0 Å². The van der Waals surface area contributed by atoms with Crippen LogP contribution in [0.25, 0.3) is 0 Å². The van der Waals surface area contributed by atoms with Crippen molar-refractivity contribution in [2.75, 3.05) is 18.8 Å². The Kier molecular flexibility index (Phi) is 3.92. The molecule has 1 fully saturated rings. The Morgan fingerprint density at radius 2 is 2.33 bits per heavy atom. The molecule has 0 aliphatic carbocycles. The van der Waals surface area contributed by atoms with Crippen LogP contribution in [0.15, 0.2) is 29.2 Å². The van der Waals surface area contributed by atoms with E-state index in [9.17, 15) is 5.11 Å². The molecular weight excluding hydrogens is 230 g/mol. The van der Waals surface area contributed by atoms with E-state index < -0.39 is 0 Å². The summed E-state index contributed by atoms with van der Waals surface area (Å²) in [5.74, 6) is 1.29. The van der Waals surface area contributed by atoms with E-state index >= 15 is 0 Å². The Bertz CT molecular complexity index is 334. The van der Waals surface area contributed by atoms with E-state index in [1.165, 1.54) is 4.90 Å². The molecule has 1 aromatic rings. The predicted molar refractivity (Wildman–Crippen MR) is 64.5 cm³/mol. The summed E-state index contributed by atoms with van der Waals surface area (Å²) in [7, 11) is 0. The van der Waals surface area contributed by atoms with E-state index in [0.29, 0.717) is 5.92 Å². The van der Waals surface area contributed by atoms with Crippen molar-refractivity contribution in [2.45, 2.75) is 11.0 Å². The van der Waals surface area contributed by atoms with Gasteiger partial charge in [-0.1, -0.05) is 17.7 Å². The van der Waals surface area contributed by atoms with Crippen molar-refractivity contribution >= 4 is 23.4 Å². The van der Waals surface area contributed by atoms with Crippen molar-refractivity contribution in [1.29, 1.82) is 0 Å². The fraction of sp³-hybridized carbons (Fsp3) is 0.455. The van der Waals surface area contributed by atoms with Crippen LogP contribution in [0, 0.1) is 5.92 Å². The molecule has 1 aliphatic heterocycles. The van der Waals surface area contributed by atoms with E-state index in [-0.39, 0.29) is 6.10 Å². The molecule has 0 bridgehead atoms. The molecule has 0 unspecified atom stereocenters. The normalized spacial score (nSPS) is 25.7. The van der Waals surface area contributed by atoms with Gasteiger partial charge < -0.3 is 10.4 Å². The van der Waals surface area contributed by atoms with Gasteiger partial charge in [-0.3, -0.25) is 0 Å². The van der Waals surface area contributed by atoms with Gasteiger partial charge in [0.2, 0.25) is 0 Å². The smallest absolute Gasteiger partial charge is 0.0712 e. The predicted octanol–water partition coefficient (Wildman–Crippen LogP) is 2.01. The van der Waals surface area contributed by atoms with Crippen LogP contribution in [0.3, 0.4) is 0 Å². The highest BCUT2D eigenvalue weighted by Crippen LogP contribution is 2.25. The van der Waals surface area contributed by atoms with E-state index in [4.69, 9.17) is 11.6 Å². The first-order chi connectivity index (χ1) is 7.25. The van der Waals surface area contributed by atoms with Gasteiger partial charge in [-0.25, -0.2) is 0 Å². The molecule has 0 spiro atoms. The molecule has 2 atom stereocenters. The minimum atomic E-state index is -0.198. The zero-order valence-corrected chi connectivity index (χ0v) is 9.89. The highest BCUT2D eigenvalue weighted by Gasteiger charge is 2.24. The number of nitrogens with one attached hydrogen (secondary N) is 1. The molecule has 1 aromatic carbocycles. The Morgan fingerprint density at radius 1 is 1.47 bits per heavy atom. The first-order valence-corrected chi connectivity index (χ1v) is 6.39. The average Bonchev–Trinajstić information content (AvgIpc) is 2.61. The Hall–Kier alpha value is -0.220. The van der Waals surface area contributed by atoms with Crippen LogP contribution in [-0.2, 0) is 0 Å². The minimum absolute atomic E-state index is 0.198. The highest BCUT2D eigenvalue weighted by atomic mass is 35.5. The third-order valence-electron chi connectivity index (χ3n) is 2.56. The zero-order chi connectivity index (χ0) is 10.7. The molecule has 1 heterocycles. The maximum atomic E-state index is 9.62. The average molecular weight is 244 g/mol. The topological polar surface area (TPSA) is 32.3 Å². The van der Waals surface area contributed by atoms with Crippen LogP contribution in [-0.4, -0.2) is 30.1 Å². The number of hydrogen-bond donors (Lipinski definition) is 2. The summed E-state index contributed by atoms with van der Waals surface area (Å²) in [5, 5.41) is 13.6. The summed E-state index contributed by atoms with van der Waals surface area (Å²) in [6, 6.07) is 7.83. The number of halogens is 1. The number of hydrogen-bond acceptors (Lipinski definition) is 3. The summed E-state index contributed by atoms with van der Waals surface area (Å²) in [4.78, 5) is 1.17. The van der Waals surface area contributed by atoms with Crippen LogP contribution in [0.2, 0.25) is 5.02 Å². The third-order valence-corrected chi connectivity index (χ3v) is 3.98. The second kappa shape index (κ2) is 5.21. The lowest BCUT2D eigenvalue weighted by atomic mass is 10.1. The number of thioether (sulfide) groups is 1. The van der Waals surface area contributed by atoms with Crippen LogP contribution >= 0.6 is 23.4 Å². The van der Waals surface area contributed by atoms with Crippen molar-refractivity contribution < 1.29 is 5.11 Å². The summed E-state index contributed by atoms with van der Waals surface area (Å²) >= 11 is 7.65. The molecule has 15 heavy (non-hydrogen) atoms. The van der Waals surface area contributed by atoms with Gasteiger partial charge in [0.1, 0.15) is 0 Å². The van der Waals surface area contributed by atoms with Gasteiger partial charge in [-0.15, -0.1) is 11.8 Å². The third kappa shape index (κ3) is 3.11. The molecule has 2 rings (SSSR count). The molecule has 0 radical (unpaired) electrons. The number of aliphatic hydroxyl groups excluding tert-OH is 1. The largest absolute Gasteiger partial charge is 0.391 e. The molecule has 2 nitrogen and oxygen atoms in total. The second-order valence-electron chi connectivity index (χ2n) is 3.75. The molecule has 4 heteroatoms. The number of β-amino-alcohol motifs (C(OH)–C–C–N with tert-alkyl or cyclic N) is 1. The van der Waals surface area contributed by atoms with Crippen molar-refractivity contribution in [3.05, 3.63) is 29.3 Å². The van der Waals surface area contributed by atoms with E-state index in [0.717, 1.165) is 23.9 Å². The van der Waals surface area contributed by atoms with E-state index in [2.05, 4.69) is 5.32 Å². The summed E-state index contributed by atoms with van der Waals surface area (Å²) in [5.41, 5.74) is 0. The Morgan fingerprint density at radius 3 is 3.00 bits per heavy atom. The molecule has 1 saturated heterocycles. The Labute approximate surface area is 99.0 Å². The van der Waals surface area contributed by atoms with Crippen LogP contribution in [0.1, 0.15) is 0 Å². The van der Waals surface area contributed by atoms with Gasteiger partial charge in [-0.05, 0) is 18.2 Å². The van der Waals surface area contributed by atoms with Gasteiger partial charge in [0.05, 0.1) is 6.10 Å². The molecule has 82 valence electrons. The van der Waals surface area contributed by atoms with Gasteiger partial charge in [0.15, 0.2) is 0 Å².